The second kappa shape index (κ2) is 4.28. The van der Waals surface area contributed by atoms with Gasteiger partial charge in [-0.05, 0) is 19.1 Å². The third kappa shape index (κ3) is 1.87. The summed E-state index contributed by atoms with van der Waals surface area (Å²) in [6, 6.07) is 10.6. The molecule has 0 aliphatic carbocycles. The lowest BCUT2D eigenvalue weighted by Gasteiger charge is -2.07. The lowest BCUT2D eigenvalue weighted by Crippen LogP contribution is -2.22. The Morgan fingerprint density at radius 3 is 2.62 bits per heavy atom. The Morgan fingerprint density at radius 2 is 2.00 bits per heavy atom. The highest BCUT2D eigenvalue weighted by molar-refractivity contribution is 5.31. The molecule has 0 amide bonds. The summed E-state index contributed by atoms with van der Waals surface area (Å²) in [5, 5.41) is 13.2. The van der Waals surface area contributed by atoms with Crippen molar-refractivity contribution in [3.05, 3.63) is 58.0 Å². The van der Waals surface area contributed by atoms with Gasteiger partial charge < -0.3 is 5.11 Å². The normalized spacial score (nSPS) is 10.4. The fraction of sp³-hybridized carbons (Fsp3) is 0.167. The van der Waals surface area contributed by atoms with Crippen molar-refractivity contribution < 1.29 is 5.11 Å². The van der Waals surface area contributed by atoms with Crippen molar-refractivity contribution in [2.24, 2.45) is 0 Å². The average Bonchev–Trinajstić information content (AvgIpc) is 2.32. The van der Waals surface area contributed by atoms with Gasteiger partial charge in [-0.2, -0.15) is 9.78 Å². The minimum absolute atomic E-state index is 0.163. The van der Waals surface area contributed by atoms with Crippen LogP contribution in [0.5, 0.6) is 0 Å². The number of aliphatic hydroxyl groups is 1. The van der Waals surface area contributed by atoms with Crippen LogP contribution in [0.2, 0.25) is 0 Å². The molecule has 0 spiro atoms. The van der Waals surface area contributed by atoms with Crippen molar-refractivity contribution in [2.75, 3.05) is 0 Å². The van der Waals surface area contributed by atoms with Crippen molar-refractivity contribution >= 4 is 0 Å². The van der Waals surface area contributed by atoms with Crippen LogP contribution in [0.15, 0.2) is 41.2 Å². The Balaban J connectivity index is 2.60. The lowest BCUT2D eigenvalue weighted by molar-refractivity contribution is 0.279. The summed E-state index contributed by atoms with van der Waals surface area (Å²) in [5.74, 6) is 0. The number of hydrogen-bond donors (Lipinski definition) is 1. The van der Waals surface area contributed by atoms with Gasteiger partial charge in [0.05, 0.1) is 18.0 Å². The highest BCUT2D eigenvalue weighted by Gasteiger charge is 2.05. The maximum atomic E-state index is 11.7. The van der Waals surface area contributed by atoms with Crippen LogP contribution in [0, 0.1) is 6.92 Å². The van der Waals surface area contributed by atoms with Gasteiger partial charge in [-0.1, -0.05) is 18.2 Å². The van der Waals surface area contributed by atoms with Gasteiger partial charge in [-0.15, -0.1) is 0 Å². The molecule has 4 heteroatoms. The molecule has 0 saturated heterocycles. The number of nitrogens with zero attached hydrogens (tertiary/aromatic N) is 2. The van der Waals surface area contributed by atoms with Gasteiger partial charge in [-0.3, -0.25) is 4.79 Å². The highest BCUT2D eigenvalue weighted by Crippen LogP contribution is 2.05. The third-order valence-corrected chi connectivity index (χ3v) is 2.39. The molecular formula is C12H12N2O2. The van der Waals surface area contributed by atoms with Crippen LogP contribution in [0.25, 0.3) is 5.69 Å². The van der Waals surface area contributed by atoms with E-state index in [2.05, 4.69) is 5.10 Å². The van der Waals surface area contributed by atoms with E-state index in [1.54, 1.807) is 6.92 Å². The fourth-order valence-electron chi connectivity index (χ4n) is 1.49. The molecule has 4 nitrogen and oxygen atoms in total. The van der Waals surface area contributed by atoms with Gasteiger partial charge in [0.15, 0.2) is 0 Å². The first-order chi connectivity index (χ1) is 7.72. The van der Waals surface area contributed by atoms with E-state index in [1.165, 1.54) is 10.7 Å². The highest BCUT2D eigenvalue weighted by atomic mass is 16.3. The maximum Gasteiger partial charge on any atom is 0.271 e. The Morgan fingerprint density at radius 1 is 1.31 bits per heavy atom. The lowest BCUT2D eigenvalue weighted by atomic mass is 10.2. The standard InChI is InChI=1S/C12H12N2O2/c1-9-10(8-15)7-12(16)14(13-9)11-5-3-2-4-6-11/h2-7,15H,8H2,1H3. The molecule has 0 saturated carbocycles. The number of aromatic nitrogens is 2. The Hall–Kier alpha value is -1.94. The molecule has 0 unspecified atom stereocenters. The summed E-state index contributed by atoms with van der Waals surface area (Å²) in [6.45, 7) is 1.61. The summed E-state index contributed by atoms with van der Waals surface area (Å²) in [6.07, 6.45) is 0. The number of rotatable bonds is 2. The van der Waals surface area contributed by atoms with Crippen LogP contribution in [0.3, 0.4) is 0 Å². The topological polar surface area (TPSA) is 55.1 Å². The Kier molecular flexibility index (Phi) is 2.83. The largest absolute Gasteiger partial charge is 0.392 e. The first kappa shape index (κ1) is 10.6. The zero-order valence-corrected chi connectivity index (χ0v) is 8.92. The molecule has 0 atom stereocenters. The first-order valence-corrected chi connectivity index (χ1v) is 4.98. The number of hydrogen-bond acceptors (Lipinski definition) is 3. The molecule has 0 bridgehead atoms. The van der Waals surface area contributed by atoms with Gasteiger partial charge in [0.1, 0.15) is 0 Å². The summed E-state index contributed by atoms with van der Waals surface area (Å²) >= 11 is 0. The second-order valence-corrected chi connectivity index (χ2v) is 3.50. The van der Waals surface area contributed by atoms with Crippen LogP contribution in [-0.4, -0.2) is 14.9 Å². The second-order valence-electron chi connectivity index (χ2n) is 3.50. The molecule has 0 fully saturated rings. The van der Waals surface area contributed by atoms with Gasteiger partial charge in [-0.25, -0.2) is 0 Å². The van der Waals surface area contributed by atoms with E-state index in [0.29, 0.717) is 11.3 Å². The monoisotopic (exact) mass is 216 g/mol. The van der Waals surface area contributed by atoms with Crippen molar-refractivity contribution in [2.45, 2.75) is 13.5 Å². The molecule has 1 aromatic heterocycles. The van der Waals surface area contributed by atoms with E-state index in [1.807, 2.05) is 30.3 Å². The maximum absolute atomic E-state index is 11.7. The fourth-order valence-corrected chi connectivity index (χ4v) is 1.49. The van der Waals surface area contributed by atoms with E-state index in [-0.39, 0.29) is 12.2 Å². The average molecular weight is 216 g/mol. The zero-order chi connectivity index (χ0) is 11.5. The van der Waals surface area contributed by atoms with Crippen LogP contribution in [0.4, 0.5) is 0 Å². The van der Waals surface area contributed by atoms with Gasteiger partial charge in [0.2, 0.25) is 0 Å². The van der Waals surface area contributed by atoms with E-state index < -0.39 is 0 Å². The molecule has 0 radical (unpaired) electrons. The van der Waals surface area contributed by atoms with Crippen LogP contribution >= 0.6 is 0 Å². The molecule has 1 N–H and O–H groups in total. The van der Waals surface area contributed by atoms with Crippen molar-refractivity contribution in [3.63, 3.8) is 0 Å². The SMILES string of the molecule is Cc1nn(-c2ccccc2)c(=O)cc1CO. The number of para-hydroxylation sites is 1. The van der Waals surface area contributed by atoms with E-state index >= 15 is 0 Å². The zero-order valence-electron chi connectivity index (χ0n) is 8.92. The number of aryl methyl sites for hydroxylation is 1. The smallest absolute Gasteiger partial charge is 0.271 e. The van der Waals surface area contributed by atoms with Crippen molar-refractivity contribution in [1.82, 2.24) is 9.78 Å². The molecule has 1 aromatic carbocycles. The van der Waals surface area contributed by atoms with Crippen molar-refractivity contribution in [1.29, 1.82) is 0 Å². The minimum atomic E-state index is -0.235. The quantitative estimate of drug-likeness (QED) is 0.815. The van der Waals surface area contributed by atoms with E-state index in [4.69, 9.17) is 5.11 Å². The molecule has 16 heavy (non-hydrogen) atoms. The molecule has 1 heterocycles. The summed E-state index contributed by atoms with van der Waals surface area (Å²) in [4.78, 5) is 11.7. The van der Waals surface area contributed by atoms with Gasteiger partial charge in [0, 0.05) is 11.6 Å². The molecule has 82 valence electrons. The molecule has 0 aliphatic heterocycles. The van der Waals surface area contributed by atoms with Crippen molar-refractivity contribution in [3.8, 4) is 5.69 Å². The van der Waals surface area contributed by atoms with E-state index in [0.717, 1.165) is 5.69 Å². The molecule has 0 aliphatic rings. The summed E-state index contributed by atoms with van der Waals surface area (Å²) in [7, 11) is 0. The van der Waals surface area contributed by atoms with Gasteiger partial charge in [0.25, 0.3) is 5.56 Å². The number of aliphatic hydroxyl groups excluding tert-OH is 1. The first-order valence-electron chi connectivity index (χ1n) is 4.98. The Labute approximate surface area is 92.8 Å². The summed E-state index contributed by atoms with van der Waals surface area (Å²) in [5.41, 5.74) is 1.71. The van der Waals surface area contributed by atoms with Gasteiger partial charge >= 0.3 is 0 Å². The third-order valence-electron chi connectivity index (χ3n) is 2.39. The minimum Gasteiger partial charge on any atom is -0.392 e. The Bertz CT molecular complexity index is 547. The van der Waals surface area contributed by atoms with E-state index in [9.17, 15) is 4.79 Å². The number of benzene rings is 1. The molecule has 2 aromatic rings. The predicted molar refractivity (Wildman–Crippen MR) is 60.5 cm³/mol. The predicted octanol–water partition coefficient (Wildman–Crippen LogP) is 1.03. The van der Waals surface area contributed by atoms with Crippen LogP contribution in [-0.2, 0) is 6.61 Å². The van der Waals surface area contributed by atoms with Crippen LogP contribution in [0.1, 0.15) is 11.3 Å². The van der Waals surface area contributed by atoms with Crippen LogP contribution < -0.4 is 5.56 Å². The molecule has 2 rings (SSSR count). The molecular weight excluding hydrogens is 204 g/mol. The summed E-state index contributed by atoms with van der Waals surface area (Å²) < 4.78 is 1.33.